The van der Waals surface area contributed by atoms with Crippen LogP contribution in [0.5, 0.6) is 0 Å². The first-order valence-corrected chi connectivity index (χ1v) is 8.57. The molecule has 138 valence electrons. The lowest BCUT2D eigenvalue weighted by molar-refractivity contribution is -0.121. The molecule has 0 bridgehead atoms. The normalized spacial score (nSPS) is 12.9. The molecule has 0 fully saturated rings. The van der Waals surface area contributed by atoms with Crippen molar-refractivity contribution in [2.75, 3.05) is 7.05 Å². The SMILES string of the molecule is CCc1ccc([C@H](N[C@@H](C)C(=O)NC(=O)NC)c2cccc(F)c2)cc1. The molecule has 0 aliphatic rings. The van der Waals surface area contributed by atoms with Crippen molar-refractivity contribution in [3.05, 3.63) is 71.0 Å². The van der Waals surface area contributed by atoms with Gasteiger partial charge < -0.3 is 5.32 Å². The average molecular weight is 357 g/mol. The first-order valence-electron chi connectivity index (χ1n) is 8.57. The minimum absolute atomic E-state index is 0.345. The number of benzene rings is 2. The van der Waals surface area contributed by atoms with Crippen LogP contribution in [-0.4, -0.2) is 25.0 Å². The number of nitrogens with one attached hydrogen (secondary N) is 3. The van der Waals surface area contributed by atoms with E-state index in [4.69, 9.17) is 0 Å². The van der Waals surface area contributed by atoms with Gasteiger partial charge in [-0.2, -0.15) is 0 Å². The number of rotatable bonds is 6. The summed E-state index contributed by atoms with van der Waals surface area (Å²) in [4.78, 5) is 23.5. The van der Waals surface area contributed by atoms with Gasteiger partial charge in [0.05, 0.1) is 12.1 Å². The van der Waals surface area contributed by atoms with E-state index in [1.54, 1.807) is 19.1 Å². The Bertz CT molecular complexity index is 762. The highest BCUT2D eigenvalue weighted by Gasteiger charge is 2.22. The summed E-state index contributed by atoms with van der Waals surface area (Å²) >= 11 is 0. The first kappa shape index (κ1) is 19.6. The van der Waals surface area contributed by atoms with Gasteiger partial charge in [0, 0.05) is 7.05 Å². The molecule has 2 aromatic carbocycles. The maximum Gasteiger partial charge on any atom is 0.321 e. The van der Waals surface area contributed by atoms with Crippen molar-refractivity contribution in [2.45, 2.75) is 32.4 Å². The highest BCUT2D eigenvalue weighted by atomic mass is 19.1. The number of hydrogen-bond donors (Lipinski definition) is 3. The maximum absolute atomic E-state index is 13.7. The Morgan fingerprint density at radius 1 is 1.08 bits per heavy atom. The minimum atomic E-state index is -0.661. The highest BCUT2D eigenvalue weighted by Crippen LogP contribution is 2.24. The van der Waals surface area contributed by atoms with E-state index in [1.807, 2.05) is 24.3 Å². The van der Waals surface area contributed by atoms with Gasteiger partial charge in [-0.3, -0.25) is 15.4 Å². The molecule has 2 rings (SSSR count). The fourth-order valence-corrected chi connectivity index (χ4v) is 2.63. The van der Waals surface area contributed by atoms with Crippen LogP contribution >= 0.6 is 0 Å². The fourth-order valence-electron chi connectivity index (χ4n) is 2.63. The zero-order valence-corrected chi connectivity index (χ0v) is 15.2. The molecule has 0 radical (unpaired) electrons. The van der Waals surface area contributed by atoms with E-state index in [1.165, 1.54) is 24.7 Å². The third-order valence-electron chi connectivity index (χ3n) is 4.18. The van der Waals surface area contributed by atoms with Gasteiger partial charge in [-0.05, 0) is 42.2 Å². The molecule has 0 saturated carbocycles. The molecular weight excluding hydrogens is 333 g/mol. The van der Waals surface area contributed by atoms with Crippen molar-refractivity contribution in [3.63, 3.8) is 0 Å². The van der Waals surface area contributed by atoms with E-state index < -0.39 is 18.0 Å². The summed E-state index contributed by atoms with van der Waals surface area (Å²) < 4.78 is 13.7. The molecule has 5 nitrogen and oxygen atoms in total. The van der Waals surface area contributed by atoms with E-state index in [-0.39, 0.29) is 11.9 Å². The number of aryl methyl sites for hydroxylation is 1. The Hall–Kier alpha value is -2.73. The molecule has 3 N–H and O–H groups in total. The third-order valence-corrected chi connectivity index (χ3v) is 4.18. The molecule has 2 atom stereocenters. The molecule has 0 aromatic heterocycles. The largest absolute Gasteiger partial charge is 0.341 e. The van der Waals surface area contributed by atoms with Gasteiger partial charge in [0.15, 0.2) is 0 Å². The van der Waals surface area contributed by atoms with Crippen molar-refractivity contribution in [3.8, 4) is 0 Å². The van der Waals surface area contributed by atoms with E-state index in [9.17, 15) is 14.0 Å². The van der Waals surface area contributed by atoms with Gasteiger partial charge in [0.25, 0.3) is 0 Å². The summed E-state index contributed by atoms with van der Waals surface area (Å²) in [5.41, 5.74) is 2.80. The Balaban J connectivity index is 2.28. The topological polar surface area (TPSA) is 70.2 Å². The monoisotopic (exact) mass is 357 g/mol. The predicted octanol–water partition coefficient (Wildman–Crippen LogP) is 2.91. The van der Waals surface area contributed by atoms with E-state index >= 15 is 0 Å². The number of carbonyl (C=O) groups is 2. The second kappa shape index (κ2) is 9.10. The molecule has 0 unspecified atom stereocenters. The van der Waals surface area contributed by atoms with E-state index in [2.05, 4.69) is 22.9 Å². The Morgan fingerprint density at radius 2 is 1.77 bits per heavy atom. The molecule has 0 spiro atoms. The molecule has 26 heavy (non-hydrogen) atoms. The first-order chi connectivity index (χ1) is 12.4. The van der Waals surface area contributed by atoms with Gasteiger partial charge in [0.2, 0.25) is 5.91 Å². The van der Waals surface area contributed by atoms with Crippen LogP contribution in [0.25, 0.3) is 0 Å². The third kappa shape index (κ3) is 5.13. The summed E-state index contributed by atoms with van der Waals surface area (Å²) in [5.74, 6) is -0.808. The molecule has 3 amide bonds. The van der Waals surface area contributed by atoms with Crippen molar-refractivity contribution < 1.29 is 14.0 Å². The van der Waals surface area contributed by atoms with Crippen molar-refractivity contribution >= 4 is 11.9 Å². The predicted molar refractivity (Wildman–Crippen MR) is 99.3 cm³/mol. The van der Waals surface area contributed by atoms with Gasteiger partial charge in [0.1, 0.15) is 5.82 Å². The zero-order valence-electron chi connectivity index (χ0n) is 15.2. The second-order valence-electron chi connectivity index (χ2n) is 6.04. The van der Waals surface area contributed by atoms with Crippen LogP contribution in [0.4, 0.5) is 9.18 Å². The minimum Gasteiger partial charge on any atom is -0.341 e. The average Bonchev–Trinajstić information content (AvgIpc) is 2.65. The van der Waals surface area contributed by atoms with Crippen LogP contribution in [0.15, 0.2) is 48.5 Å². The van der Waals surface area contributed by atoms with Crippen LogP contribution < -0.4 is 16.0 Å². The van der Waals surface area contributed by atoms with Crippen LogP contribution in [0, 0.1) is 5.82 Å². The number of urea groups is 1. The summed E-state index contributed by atoms with van der Waals surface area (Å²) in [6.07, 6.45) is 0.920. The van der Waals surface area contributed by atoms with Crippen LogP contribution in [0.3, 0.4) is 0 Å². The van der Waals surface area contributed by atoms with Crippen LogP contribution in [-0.2, 0) is 11.2 Å². The number of halogens is 1. The Kier molecular flexibility index (Phi) is 6.86. The quantitative estimate of drug-likeness (QED) is 0.744. The Labute approximate surface area is 153 Å². The standard InChI is InChI=1S/C20H24FN3O2/c1-4-14-8-10-15(11-9-14)18(16-6-5-7-17(21)12-16)23-13(2)19(25)24-20(26)22-3/h5-13,18,23H,4H2,1-3H3,(H2,22,24,25,26)/t13-,18-/m0/s1. The zero-order chi connectivity index (χ0) is 19.1. The molecule has 0 aliphatic heterocycles. The molecule has 0 saturated heterocycles. The lowest BCUT2D eigenvalue weighted by Gasteiger charge is -2.24. The van der Waals surface area contributed by atoms with Gasteiger partial charge in [-0.1, -0.05) is 43.3 Å². The smallest absolute Gasteiger partial charge is 0.321 e. The lowest BCUT2D eigenvalue weighted by Crippen LogP contribution is -2.48. The molecule has 0 aliphatic carbocycles. The number of hydrogen-bond acceptors (Lipinski definition) is 3. The number of carbonyl (C=O) groups excluding carboxylic acids is 2. The number of amides is 3. The molecular formula is C20H24FN3O2. The van der Waals surface area contributed by atoms with Crippen molar-refractivity contribution in [1.29, 1.82) is 0 Å². The summed E-state index contributed by atoms with van der Waals surface area (Å²) in [6, 6.07) is 12.6. The summed E-state index contributed by atoms with van der Waals surface area (Å²) in [6.45, 7) is 3.73. The lowest BCUT2D eigenvalue weighted by atomic mass is 9.96. The number of imide groups is 1. The maximum atomic E-state index is 13.7. The van der Waals surface area contributed by atoms with Crippen LogP contribution in [0.1, 0.15) is 36.6 Å². The van der Waals surface area contributed by atoms with Gasteiger partial charge >= 0.3 is 6.03 Å². The Morgan fingerprint density at radius 3 is 2.35 bits per heavy atom. The highest BCUT2D eigenvalue weighted by molar-refractivity contribution is 5.96. The van der Waals surface area contributed by atoms with E-state index in [0.717, 1.165) is 12.0 Å². The fraction of sp³-hybridized carbons (Fsp3) is 0.300. The summed E-state index contributed by atoms with van der Waals surface area (Å²) in [5, 5.41) is 7.77. The van der Waals surface area contributed by atoms with Gasteiger partial charge in [-0.25, -0.2) is 9.18 Å². The second-order valence-corrected chi connectivity index (χ2v) is 6.04. The summed E-state index contributed by atoms with van der Waals surface area (Å²) in [7, 11) is 1.44. The van der Waals surface area contributed by atoms with Crippen molar-refractivity contribution in [2.24, 2.45) is 0 Å². The molecule has 2 aromatic rings. The molecule has 6 heteroatoms. The van der Waals surface area contributed by atoms with Crippen molar-refractivity contribution in [1.82, 2.24) is 16.0 Å². The molecule has 0 heterocycles. The van der Waals surface area contributed by atoms with E-state index in [0.29, 0.717) is 5.56 Å². The van der Waals surface area contributed by atoms with Gasteiger partial charge in [-0.15, -0.1) is 0 Å². The van der Waals surface area contributed by atoms with Crippen LogP contribution in [0.2, 0.25) is 0 Å².